The Balaban J connectivity index is 2.89. The summed E-state index contributed by atoms with van der Waals surface area (Å²) in [5.41, 5.74) is 0.558. The van der Waals surface area contributed by atoms with Crippen LogP contribution < -0.4 is 15.8 Å². The zero-order valence-corrected chi connectivity index (χ0v) is 11.3. The lowest BCUT2D eigenvalue weighted by atomic mass is 10.0. The van der Waals surface area contributed by atoms with E-state index < -0.39 is 0 Å². The molecule has 1 atom stereocenters. The van der Waals surface area contributed by atoms with E-state index in [0.717, 1.165) is 19.4 Å². The summed E-state index contributed by atoms with van der Waals surface area (Å²) in [6, 6.07) is 7.99. The van der Waals surface area contributed by atoms with Crippen LogP contribution in [0.15, 0.2) is 24.3 Å². The fourth-order valence-electron chi connectivity index (χ4n) is 1.71. The van der Waals surface area contributed by atoms with Gasteiger partial charge in [-0.3, -0.25) is 0 Å². The maximum atomic E-state index is 8.02. The Labute approximate surface area is 105 Å². The molecule has 2 rings (SSSR count). The van der Waals surface area contributed by atoms with Crippen molar-refractivity contribution in [3.05, 3.63) is 34.7 Å². The highest BCUT2D eigenvalue weighted by Gasteiger charge is 2.23. The topological polar surface area (TPSA) is 35.9 Å². The van der Waals surface area contributed by atoms with Crippen LogP contribution in [0.25, 0.3) is 8.96 Å². The Hall–Kier alpha value is -0.450. The summed E-state index contributed by atoms with van der Waals surface area (Å²) >= 11 is 7.04. The van der Waals surface area contributed by atoms with Gasteiger partial charge in [0.05, 0.1) is 11.8 Å². The molecule has 1 aromatic rings. The molecule has 0 aliphatic heterocycles. The first-order valence-corrected chi connectivity index (χ1v) is 6.16. The molecule has 0 saturated carbocycles. The third kappa shape index (κ3) is 1.71. The largest absolute Gasteiger partial charge is 0.308 e. The average Bonchev–Trinajstić information content (AvgIpc) is 2.27. The van der Waals surface area contributed by atoms with Crippen molar-refractivity contribution in [2.75, 3.05) is 7.05 Å². The van der Waals surface area contributed by atoms with Crippen LogP contribution in [-0.2, 0) is 0 Å². The standard InChI is InChI=1S/C11H10Br2N2/c1-15-11-9(13)7-5-3-2-4-6(7)8(12)10(11)14/h2-5,11,14-15H,1H3. The molecule has 1 aromatic carbocycles. The zero-order valence-electron chi connectivity index (χ0n) is 8.14. The summed E-state index contributed by atoms with van der Waals surface area (Å²) in [5.74, 6) is 0. The molecular formula is C11H10Br2N2. The van der Waals surface area contributed by atoms with E-state index in [0.29, 0.717) is 5.71 Å². The Morgan fingerprint density at radius 1 is 1.20 bits per heavy atom. The molecule has 0 fully saturated rings. The van der Waals surface area contributed by atoms with Crippen LogP contribution in [0.3, 0.4) is 0 Å². The normalized spacial score (nSPS) is 20.5. The Morgan fingerprint density at radius 2 is 1.80 bits per heavy atom. The number of benzene rings is 1. The van der Waals surface area contributed by atoms with E-state index in [1.165, 1.54) is 0 Å². The highest BCUT2D eigenvalue weighted by molar-refractivity contribution is 9.15. The molecular weight excluding hydrogens is 320 g/mol. The second-order valence-electron chi connectivity index (χ2n) is 3.34. The van der Waals surface area contributed by atoms with Crippen molar-refractivity contribution in [2.24, 2.45) is 0 Å². The van der Waals surface area contributed by atoms with Gasteiger partial charge in [-0.05, 0) is 33.4 Å². The zero-order chi connectivity index (χ0) is 11.0. The maximum Gasteiger partial charge on any atom is 0.0825 e. The smallest absolute Gasteiger partial charge is 0.0825 e. The summed E-state index contributed by atoms with van der Waals surface area (Å²) in [6.07, 6.45) is 0. The number of rotatable bonds is 1. The van der Waals surface area contributed by atoms with Crippen LogP contribution >= 0.6 is 31.9 Å². The second-order valence-corrected chi connectivity index (χ2v) is 4.99. The Kier molecular flexibility index (Phi) is 3.09. The van der Waals surface area contributed by atoms with Gasteiger partial charge < -0.3 is 10.7 Å². The fraction of sp³-hybridized carbons (Fsp3) is 0.182. The molecule has 15 heavy (non-hydrogen) atoms. The molecule has 0 radical (unpaired) electrons. The van der Waals surface area contributed by atoms with Gasteiger partial charge in [0.2, 0.25) is 0 Å². The summed E-state index contributed by atoms with van der Waals surface area (Å²) < 4.78 is 1.88. The minimum Gasteiger partial charge on any atom is -0.308 e. The van der Waals surface area contributed by atoms with Crippen LogP contribution in [0.1, 0.15) is 0 Å². The minimum absolute atomic E-state index is 0.0609. The lowest BCUT2D eigenvalue weighted by Crippen LogP contribution is -2.45. The quantitative estimate of drug-likeness (QED) is 0.801. The first-order valence-electron chi connectivity index (χ1n) is 4.57. The maximum absolute atomic E-state index is 8.02. The first-order chi connectivity index (χ1) is 7.16. The molecule has 0 heterocycles. The van der Waals surface area contributed by atoms with Crippen molar-refractivity contribution < 1.29 is 0 Å². The second kappa shape index (κ2) is 4.20. The summed E-state index contributed by atoms with van der Waals surface area (Å²) in [4.78, 5) is 0. The minimum atomic E-state index is -0.0609. The van der Waals surface area contributed by atoms with Crippen molar-refractivity contribution in [1.82, 2.24) is 5.32 Å². The highest BCUT2D eigenvalue weighted by Crippen LogP contribution is 2.20. The number of nitrogens with one attached hydrogen (secondary N) is 2. The lowest BCUT2D eigenvalue weighted by molar-refractivity contribution is 0.845. The van der Waals surface area contributed by atoms with E-state index in [2.05, 4.69) is 43.2 Å². The monoisotopic (exact) mass is 328 g/mol. The van der Waals surface area contributed by atoms with Crippen molar-refractivity contribution in [2.45, 2.75) is 6.04 Å². The number of hydrogen-bond donors (Lipinski definition) is 2. The summed E-state index contributed by atoms with van der Waals surface area (Å²) in [7, 11) is 1.86. The van der Waals surface area contributed by atoms with Gasteiger partial charge in [0.1, 0.15) is 0 Å². The average molecular weight is 330 g/mol. The van der Waals surface area contributed by atoms with E-state index >= 15 is 0 Å². The van der Waals surface area contributed by atoms with E-state index in [-0.39, 0.29) is 6.04 Å². The Morgan fingerprint density at radius 3 is 2.40 bits per heavy atom. The third-order valence-electron chi connectivity index (χ3n) is 2.49. The molecule has 0 aromatic heterocycles. The molecule has 2 nitrogen and oxygen atoms in total. The van der Waals surface area contributed by atoms with E-state index in [1.54, 1.807) is 0 Å². The van der Waals surface area contributed by atoms with Crippen molar-refractivity contribution in [1.29, 1.82) is 5.41 Å². The van der Waals surface area contributed by atoms with E-state index in [9.17, 15) is 0 Å². The van der Waals surface area contributed by atoms with Crippen LogP contribution in [0.5, 0.6) is 0 Å². The SMILES string of the molecule is CNC1C(=N)C(Br)=c2ccccc2=C1Br. The van der Waals surface area contributed by atoms with Crippen molar-refractivity contribution in [3.8, 4) is 0 Å². The predicted molar refractivity (Wildman–Crippen MR) is 70.9 cm³/mol. The molecule has 4 heteroatoms. The van der Waals surface area contributed by atoms with Gasteiger partial charge in [-0.15, -0.1) is 0 Å². The molecule has 1 aliphatic rings. The van der Waals surface area contributed by atoms with Crippen molar-refractivity contribution >= 4 is 46.5 Å². The van der Waals surface area contributed by atoms with Gasteiger partial charge in [-0.2, -0.15) is 0 Å². The number of hydrogen-bond acceptors (Lipinski definition) is 2. The first kappa shape index (κ1) is 11.0. The fourth-order valence-corrected chi connectivity index (χ4v) is 3.09. The van der Waals surface area contributed by atoms with Gasteiger partial charge in [0, 0.05) is 8.96 Å². The predicted octanol–water partition coefficient (Wildman–Crippen LogP) is 1.31. The highest BCUT2D eigenvalue weighted by atomic mass is 79.9. The van der Waals surface area contributed by atoms with Gasteiger partial charge in [-0.1, -0.05) is 40.2 Å². The van der Waals surface area contributed by atoms with Crippen LogP contribution in [0.4, 0.5) is 0 Å². The molecule has 0 bridgehead atoms. The Bertz CT molecular complexity index is 534. The summed E-state index contributed by atoms with van der Waals surface area (Å²) in [6.45, 7) is 0. The molecule has 1 unspecified atom stereocenters. The van der Waals surface area contributed by atoms with Gasteiger partial charge in [0.15, 0.2) is 0 Å². The van der Waals surface area contributed by atoms with Crippen molar-refractivity contribution in [3.63, 3.8) is 0 Å². The molecule has 0 amide bonds. The van der Waals surface area contributed by atoms with Crippen LogP contribution in [0, 0.1) is 5.41 Å². The third-order valence-corrected chi connectivity index (χ3v) is 4.23. The van der Waals surface area contributed by atoms with Crippen LogP contribution in [0.2, 0.25) is 0 Å². The lowest BCUT2D eigenvalue weighted by Gasteiger charge is -2.21. The molecule has 2 N–H and O–H groups in total. The van der Waals surface area contributed by atoms with Gasteiger partial charge in [0.25, 0.3) is 0 Å². The van der Waals surface area contributed by atoms with Crippen LogP contribution in [-0.4, -0.2) is 18.8 Å². The van der Waals surface area contributed by atoms with E-state index in [1.807, 2.05) is 25.2 Å². The molecule has 0 spiro atoms. The number of fused-ring (bicyclic) bond motifs is 1. The van der Waals surface area contributed by atoms with E-state index in [4.69, 9.17) is 5.41 Å². The molecule has 0 saturated heterocycles. The number of halogens is 2. The molecule has 1 aliphatic carbocycles. The van der Waals surface area contributed by atoms with Gasteiger partial charge in [-0.25, -0.2) is 0 Å². The summed E-state index contributed by atoms with van der Waals surface area (Å²) in [5, 5.41) is 13.3. The molecule has 78 valence electrons. The van der Waals surface area contributed by atoms with Gasteiger partial charge >= 0.3 is 0 Å².